The zero-order chi connectivity index (χ0) is 25.9. The molecule has 0 saturated carbocycles. The van der Waals surface area contributed by atoms with Crippen molar-refractivity contribution in [3.05, 3.63) is 83.9 Å². The molecule has 36 heavy (non-hydrogen) atoms. The summed E-state index contributed by atoms with van der Waals surface area (Å²) in [6, 6.07) is 8.40. The molecule has 0 spiro atoms. The fraction of sp³-hybridized carbons (Fsp3) is 0.400. The Bertz CT molecular complexity index is 1270. The van der Waals surface area contributed by atoms with Gasteiger partial charge in [0.2, 0.25) is 0 Å². The smallest absolute Gasteiger partial charge is 0.327 e. The molecule has 4 heterocycles. The Hall–Kier alpha value is -3.54. The summed E-state index contributed by atoms with van der Waals surface area (Å²) in [6.07, 6.45) is 17.2. The largest absolute Gasteiger partial charge is 0.481 e. The zero-order valence-electron chi connectivity index (χ0n) is 22.0. The Kier molecular flexibility index (Phi) is 7.25. The van der Waals surface area contributed by atoms with Crippen molar-refractivity contribution >= 4 is 23.3 Å². The molecule has 0 amide bonds. The predicted octanol–water partition coefficient (Wildman–Crippen LogP) is 5.80. The van der Waals surface area contributed by atoms with Crippen LogP contribution >= 0.6 is 0 Å². The molecule has 0 unspecified atom stereocenters. The first-order valence-electron chi connectivity index (χ1n) is 12.7. The average molecular weight is 486 g/mol. The number of aryl methyl sites for hydroxylation is 1. The van der Waals surface area contributed by atoms with Crippen LogP contribution in [0.2, 0.25) is 0 Å². The van der Waals surface area contributed by atoms with Gasteiger partial charge in [0.05, 0.1) is 23.7 Å². The van der Waals surface area contributed by atoms with Crippen LogP contribution in [0, 0.1) is 0 Å². The number of aromatic nitrogens is 2. The third-order valence-electron chi connectivity index (χ3n) is 7.38. The van der Waals surface area contributed by atoms with E-state index in [2.05, 4.69) is 104 Å². The minimum absolute atomic E-state index is 0.0905. The van der Waals surface area contributed by atoms with Crippen molar-refractivity contribution in [3.63, 3.8) is 0 Å². The van der Waals surface area contributed by atoms with Gasteiger partial charge in [-0.3, -0.25) is 4.79 Å². The number of unbranched alkanes of at least 4 members (excludes halogenated alkanes) is 2. The molecule has 188 valence electrons. The summed E-state index contributed by atoms with van der Waals surface area (Å²) in [5.41, 5.74) is 4.46. The van der Waals surface area contributed by atoms with Crippen LogP contribution < -0.4 is 9.47 Å². The van der Waals surface area contributed by atoms with Crippen LogP contribution in [0.4, 0.5) is 11.6 Å². The fourth-order valence-electron chi connectivity index (χ4n) is 5.21. The number of carboxylic acids is 1. The Labute approximate surface area is 214 Å². The molecule has 4 rings (SSSR count). The highest BCUT2D eigenvalue weighted by atomic mass is 16.4. The van der Waals surface area contributed by atoms with Crippen LogP contribution in [-0.4, -0.2) is 28.8 Å². The molecular weight excluding hydrogens is 448 g/mol. The van der Waals surface area contributed by atoms with Gasteiger partial charge in [0.25, 0.3) is 0 Å². The number of anilines is 1. The Morgan fingerprint density at radius 3 is 2.56 bits per heavy atom. The molecule has 0 fully saturated rings. The van der Waals surface area contributed by atoms with Gasteiger partial charge in [-0.15, -0.1) is 0 Å². The third-order valence-corrected chi connectivity index (χ3v) is 7.38. The first-order chi connectivity index (χ1) is 17.1. The second kappa shape index (κ2) is 10.2. The summed E-state index contributed by atoms with van der Waals surface area (Å²) < 4.78 is 2.20. The van der Waals surface area contributed by atoms with Crippen LogP contribution in [0.3, 0.4) is 0 Å². The molecule has 0 radical (unpaired) electrons. The number of carbonyl (C=O) groups is 1. The van der Waals surface area contributed by atoms with Crippen LogP contribution in [0.1, 0.15) is 64.5 Å². The van der Waals surface area contributed by atoms with E-state index in [9.17, 15) is 4.79 Å². The van der Waals surface area contributed by atoms with Crippen molar-refractivity contribution in [2.75, 3.05) is 11.9 Å². The van der Waals surface area contributed by atoms with E-state index < -0.39 is 5.97 Å². The van der Waals surface area contributed by atoms with Crippen LogP contribution in [0.5, 0.6) is 0 Å². The molecule has 0 bridgehead atoms. The maximum atomic E-state index is 10.7. The van der Waals surface area contributed by atoms with E-state index in [1.807, 2.05) is 12.3 Å². The van der Waals surface area contributed by atoms with Gasteiger partial charge in [-0.05, 0) is 68.5 Å². The monoisotopic (exact) mass is 485 g/mol. The van der Waals surface area contributed by atoms with E-state index in [1.54, 1.807) is 0 Å². The summed E-state index contributed by atoms with van der Waals surface area (Å²) in [5, 5.41) is 8.83. The van der Waals surface area contributed by atoms with E-state index >= 15 is 0 Å². The van der Waals surface area contributed by atoms with Crippen LogP contribution in [0.15, 0.2) is 77.7 Å². The number of nitrogens with zero attached hydrogens (tertiary/aromatic N) is 4. The molecule has 2 aliphatic rings. The SMILES string of the molecule is CN1\C(=C/C=C/C=C/C2=Nc3c(ccc[n+]3CCCCCC(=O)O)C2(C)C)C(C)(C)c2cccnc21. The Balaban J connectivity index is 1.45. The number of rotatable bonds is 9. The second-order valence-electron chi connectivity index (χ2n) is 10.6. The lowest BCUT2D eigenvalue weighted by Crippen LogP contribution is -2.34. The first-order valence-corrected chi connectivity index (χ1v) is 12.7. The molecule has 2 aromatic heterocycles. The number of aliphatic imine (C=N–C) groups is 1. The Morgan fingerprint density at radius 2 is 1.81 bits per heavy atom. The normalized spacial score (nSPS) is 18.8. The standard InChI is InChI=1S/C30H36N4O2/c1-29(2)23-15-13-21-34(20-11-7-10-18-26(35)36)28(23)32-24(29)16-8-6-9-17-25-30(3,4)22-14-12-19-31-27(22)33(25)5/h6,8-9,12-17,19,21H,7,10-11,18,20H2,1-5H3/p+1. The quantitative estimate of drug-likeness (QED) is 0.277. The molecule has 1 N–H and O–H groups in total. The van der Waals surface area contributed by atoms with E-state index in [1.165, 1.54) is 16.8 Å². The van der Waals surface area contributed by atoms with E-state index in [4.69, 9.17) is 10.1 Å². The third kappa shape index (κ3) is 4.90. The number of hydrogen-bond acceptors (Lipinski definition) is 4. The van der Waals surface area contributed by atoms with Gasteiger partial charge < -0.3 is 10.0 Å². The molecule has 2 aliphatic heterocycles. The molecule has 6 nitrogen and oxygen atoms in total. The highest BCUT2D eigenvalue weighted by molar-refractivity contribution is 6.07. The summed E-state index contributed by atoms with van der Waals surface area (Å²) >= 11 is 0. The number of carboxylic acid groups (broad SMARTS) is 1. The van der Waals surface area contributed by atoms with Gasteiger partial charge in [0.1, 0.15) is 5.82 Å². The molecule has 0 atom stereocenters. The zero-order valence-corrected chi connectivity index (χ0v) is 22.0. The fourth-order valence-corrected chi connectivity index (χ4v) is 5.21. The average Bonchev–Trinajstić information content (AvgIpc) is 3.21. The second-order valence-corrected chi connectivity index (χ2v) is 10.6. The number of aliphatic carboxylic acids is 1. The minimum Gasteiger partial charge on any atom is -0.481 e. The number of hydrogen-bond donors (Lipinski definition) is 1. The molecule has 6 heteroatoms. The van der Waals surface area contributed by atoms with Gasteiger partial charge in [-0.25, -0.2) is 9.55 Å². The lowest BCUT2D eigenvalue weighted by Gasteiger charge is -2.23. The van der Waals surface area contributed by atoms with Gasteiger partial charge >= 0.3 is 11.8 Å². The summed E-state index contributed by atoms with van der Waals surface area (Å²) in [6.45, 7) is 9.74. The lowest BCUT2D eigenvalue weighted by atomic mass is 9.82. The van der Waals surface area contributed by atoms with Gasteiger partial charge in [0, 0.05) is 36.3 Å². The van der Waals surface area contributed by atoms with Gasteiger partial charge in [-0.2, -0.15) is 0 Å². The lowest BCUT2D eigenvalue weighted by molar-refractivity contribution is -0.684. The number of fused-ring (bicyclic) bond motifs is 2. The maximum Gasteiger partial charge on any atom is 0.327 e. The minimum atomic E-state index is -0.725. The predicted molar refractivity (Wildman–Crippen MR) is 145 cm³/mol. The van der Waals surface area contributed by atoms with E-state index in [-0.39, 0.29) is 17.3 Å². The van der Waals surface area contributed by atoms with Crippen molar-refractivity contribution in [2.45, 2.75) is 70.8 Å². The highest BCUT2D eigenvalue weighted by Crippen LogP contribution is 2.45. The number of likely N-dealkylation sites (N-methyl/N-ethyl adjacent to an activating group) is 1. The number of pyridine rings is 2. The van der Waals surface area contributed by atoms with Crippen molar-refractivity contribution in [1.82, 2.24) is 4.98 Å². The summed E-state index contributed by atoms with van der Waals surface area (Å²) in [7, 11) is 2.07. The maximum absolute atomic E-state index is 10.7. The number of allylic oxidation sites excluding steroid dienone is 6. The van der Waals surface area contributed by atoms with E-state index in [0.29, 0.717) is 6.42 Å². The van der Waals surface area contributed by atoms with Crippen molar-refractivity contribution < 1.29 is 14.5 Å². The molecular formula is C30H37N4O2+. The van der Waals surface area contributed by atoms with Crippen molar-refractivity contribution in [3.8, 4) is 0 Å². The first kappa shape index (κ1) is 25.5. The van der Waals surface area contributed by atoms with Crippen molar-refractivity contribution in [2.24, 2.45) is 4.99 Å². The van der Waals surface area contributed by atoms with Crippen LogP contribution in [-0.2, 0) is 22.2 Å². The van der Waals surface area contributed by atoms with Crippen LogP contribution in [0.25, 0.3) is 0 Å². The molecule has 0 saturated heterocycles. The summed E-state index contributed by atoms with van der Waals surface area (Å²) in [5.74, 6) is 1.30. The topological polar surface area (TPSA) is 69.7 Å². The molecule has 0 aromatic carbocycles. The van der Waals surface area contributed by atoms with Crippen molar-refractivity contribution in [1.29, 1.82) is 0 Å². The van der Waals surface area contributed by atoms with Gasteiger partial charge in [-0.1, -0.05) is 38.1 Å². The Morgan fingerprint density at radius 1 is 1.03 bits per heavy atom. The summed E-state index contributed by atoms with van der Waals surface area (Å²) in [4.78, 5) is 22.5. The highest BCUT2D eigenvalue weighted by Gasteiger charge is 2.42. The molecule has 2 aromatic rings. The van der Waals surface area contributed by atoms with E-state index in [0.717, 1.165) is 36.7 Å². The molecule has 0 aliphatic carbocycles. The van der Waals surface area contributed by atoms with Gasteiger partial charge in [0.15, 0.2) is 5.71 Å².